The molecule has 1 aromatic carbocycles. The van der Waals surface area contributed by atoms with Crippen LogP contribution in [0.4, 0.5) is 4.39 Å². The van der Waals surface area contributed by atoms with Crippen LogP contribution in [0.25, 0.3) is 0 Å². The molecule has 1 fully saturated rings. The van der Waals surface area contributed by atoms with Gasteiger partial charge in [0.25, 0.3) is 5.91 Å². The van der Waals surface area contributed by atoms with Crippen LogP contribution in [0.1, 0.15) is 29.3 Å². The molecule has 0 bridgehead atoms. The zero-order valence-corrected chi connectivity index (χ0v) is 10.7. The Balaban J connectivity index is 2.19. The molecule has 0 radical (unpaired) electrons. The number of piperidine rings is 1. The van der Waals surface area contributed by atoms with E-state index in [1.807, 2.05) is 6.92 Å². The number of carbonyl (C=O) groups is 1. The maximum Gasteiger partial charge on any atom is 0.254 e. The number of carbonyl (C=O) groups excluding carboxylic acids is 1. The Bertz CT molecular complexity index is 461. The second kappa shape index (κ2) is 5.06. The summed E-state index contributed by atoms with van der Waals surface area (Å²) in [5.41, 5.74) is 1.19. The number of hydrogen-bond acceptors (Lipinski definition) is 2. The monoisotopic (exact) mass is 251 g/mol. The van der Waals surface area contributed by atoms with Crippen molar-refractivity contribution in [2.45, 2.75) is 26.4 Å². The first-order chi connectivity index (χ1) is 8.49. The highest BCUT2D eigenvalue weighted by atomic mass is 19.1. The Hall–Kier alpha value is -1.42. The molecule has 3 nitrogen and oxygen atoms in total. The molecule has 0 saturated carbocycles. The van der Waals surface area contributed by atoms with E-state index in [2.05, 4.69) is 0 Å². The number of aliphatic hydroxyl groups excluding tert-OH is 1. The van der Waals surface area contributed by atoms with Crippen LogP contribution >= 0.6 is 0 Å². The normalized spacial score (nSPS) is 24.1. The van der Waals surface area contributed by atoms with E-state index >= 15 is 0 Å². The van der Waals surface area contributed by atoms with Gasteiger partial charge in [-0.2, -0.15) is 0 Å². The van der Waals surface area contributed by atoms with Crippen LogP contribution < -0.4 is 0 Å². The number of benzene rings is 1. The Morgan fingerprint density at radius 3 is 2.89 bits per heavy atom. The van der Waals surface area contributed by atoms with E-state index in [1.165, 1.54) is 12.1 Å². The Labute approximate surface area is 106 Å². The van der Waals surface area contributed by atoms with Gasteiger partial charge < -0.3 is 10.0 Å². The van der Waals surface area contributed by atoms with Crippen molar-refractivity contribution in [3.63, 3.8) is 0 Å². The van der Waals surface area contributed by atoms with Crippen LogP contribution in [0.15, 0.2) is 18.2 Å². The molecule has 1 amide bonds. The fourth-order valence-corrected chi connectivity index (χ4v) is 2.31. The Morgan fingerprint density at radius 1 is 1.50 bits per heavy atom. The number of hydrogen-bond donors (Lipinski definition) is 1. The van der Waals surface area contributed by atoms with Gasteiger partial charge in [0.1, 0.15) is 5.82 Å². The molecule has 1 N–H and O–H groups in total. The number of nitrogens with zero attached hydrogens (tertiary/aromatic N) is 1. The molecule has 1 aliphatic rings. The van der Waals surface area contributed by atoms with Crippen molar-refractivity contribution in [3.8, 4) is 0 Å². The van der Waals surface area contributed by atoms with Crippen molar-refractivity contribution in [3.05, 3.63) is 35.1 Å². The summed E-state index contributed by atoms with van der Waals surface area (Å²) in [6.07, 6.45) is 0.240. The highest BCUT2D eigenvalue weighted by Gasteiger charge is 2.28. The zero-order chi connectivity index (χ0) is 13.3. The highest BCUT2D eigenvalue weighted by Crippen LogP contribution is 2.20. The third-order valence-electron chi connectivity index (χ3n) is 3.58. The van der Waals surface area contributed by atoms with E-state index in [0.717, 1.165) is 5.56 Å². The van der Waals surface area contributed by atoms with E-state index in [9.17, 15) is 14.3 Å². The van der Waals surface area contributed by atoms with Crippen molar-refractivity contribution >= 4 is 5.91 Å². The predicted molar refractivity (Wildman–Crippen MR) is 66.8 cm³/mol. The molecule has 0 aliphatic carbocycles. The molecule has 1 heterocycles. The van der Waals surface area contributed by atoms with Crippen LogP contribution in [0.3, 0.4) is 0 Å². The maximum absolute atomic E-state index is 13.2. The third kappa shape index (κ3) is 2.53. The number of aliphatic hydroxyl groups is 1. The molecule has 0 spiro atoms. The lowest BCUT2D eigenvalue weighted by atomic mass is 9.95. The topological polar surface area (TPSA) is 40.5 Å². The SMILES string of the molecule is Cc1ccc(F)cc1C(=O)N1CCC(O)C(C)C1. The first-order valence-corrected chi connectivity index (χ1v) is 6.22. The van der Waals surface area contributed by atoms with Crippen LogP contribution in [0, 0.1) is 18.7 Å². The second-order valence-corrected chi connectivity index (χ2v) is 5.04. The lowest BCUT2D eigenvalue weighted by Gasteiger charge is -2.34. The van der Waals surface area contributed by atoms with E-state index in [1.54, 1.807) is 17.9 Å². The van der Waals surface area contributed by atoms with Crippen molar-refractivity contribution in [2.75, 3.05) is 13.1 Å². The van der Waals surface area contributed by atoms with Crippen molar-refractivity contribution in [2.24, 2.45) is 5.92 Å². The lowest BCUT2D eigenvalue weighted by Crippen LogP contribution is -2.45. The van der Waals surface area contributed by atoms with Crippen LogP contribution in [0.2, 0.25) is 0 Å². The number of rotatable bonds is 1. The minimum atomic E-state index is -0.394. The molecule has 98 valence electrons. The summed E-state index contributed by atoms with van der Waals surface area (Å²) in [5, 5.41) is 9.65. The molecule has 1 aliphatic heterocycles. The number of likely N-dealkylation sites (tertiary alicyclic amines) is 1. The molecule has 4 heteroatoms. The molecule has 1 aromatic rings. The van der Waals surface area contributed by atoms with Gasteiger partial charge in [0, 0.05) is 18.7 Å². The van der Waals surface area contributed by atoms with Crippen LogP contribution in [-0.4, -0.2) is 35.1 Å². The summed E-state index contributed by atoms with van der Waals surface area (Å²) in [5.74, 6) is -0.476. The van der Waals surface area contributed by atoms with E-state index in [0.29, 0.717) is 25.1 Å². The summed E-state index contributed by atoms with van der Waals surface area (Å²) < 4.78 is 13.2. The first kappa shape index (κ1) is 13.0. The molecule has 0 aromatic heterocycles. The van der Waals surface area contributed by atoms with Crippen LogP contribution in [0.5, 0.6) is 0 Å². The van der Waals surface area contributed by atoms with Gasteiger partial charge in [-0.05, 0) is 37.0 Å². The highest BCUT2D eigenvalue weighted by molar-refractivity contribution is 5.95. The van der Waals surface area contributed by atoms with Gasteiger partial charge in [0.15, 0.2) is 0 Å². The minimum Gasteiger partial charge on any atom is -0.393 e. The van der Waals surface area contributed by atoms with E-state index in [-0.39, 0.29) is 17.9 Å². The lowest BCUT2D eigenvalue weighted by molar-refractivity contribution is 0.0297. The molecule has 18 heavy (non-hydrogen) atoms. The molecular formula is C14H18FNO2. The van der Waals surface area contributed by atoms with Gasteiger partial charge in [-0.1, -0.05) is 13.0 Å². The number of aryl methyl sites for hydroxylation is 1. The summed E-state index contributed by atoms with van der Waals surface area (Å²) >= 11 is 0. The smallest absolute Gasteiger partial charge is 0.254 e. The Morgan fingerprint density at radius 2 is 2.22 bits per heavy atom. The number of halogens is 1. The fraction of sp³-hybridized carbons (Fsp3) is 0.500. The van der Waals surface area contributed by atoms with Crippen molar-refractivity contribution < 1.29 is 14.3 Å². The fourth-order valence-electron chi connectivity index (χ4n) is 2.31. The largest absolute Gasteiger partial charge is 0.393 e. The molecule has 2 rings (SSSR count). The zero-order valence-electron chi connectivity index (χ0n) is 10.7. The van der Waals surface area contributed by atoms with Crippen molar-refractivity contribution in [1.82, 2.24) is 4.90 Å². The molecular weight excluding hydrogens is 233 g/mol. The van der Waals surface area contributed by atoms with E-state index < -0.39 is 5.82 Å². The van der Waals surface area contributed by atoms with E-state index in [4.69, 9.17) is 0 Å². The quantitative estimate of drug-likeness (QED) is 0.829. The van der Waals surface area contributed by atoms with Crippen molar-refractivity contribution in [1.29, 1.82) is 0 Å². The summed E-state index contributed by atoms with van der Waals surface area (Å²) in [7, 11) is 0. The van der Waals surface area contributed by atoms with Gasteiger partial charge in [0.05, 0.1) is 6.10 Å². The van der Waals surface area contributed by atoms with Crippen LogP contribution in [-0.2, 0) is 0 Å². The second-order valence-electron chi connectivity index (χ2n) is 5.04. The molecule has 2 atom stereocenters. The standard InChI is InChI=1S/C14H18FNO2/c1-9-3-4-11(15)7-12(9)14(18)16-6-5-13(17)10(2)8-16/h3-4,7,10,13,17H,5-6,8H2,1-2H3. The predicted octanol–water partition coefficient (Wildman–Crippen LogP) is 1.98. The molecule has 1 saturated heterocycles. The van der Waals surface area contributed by atoms with Gasteiger partial charge in [-0.3, -0.25) is 4.79 Å². The number of amides is 1. The minimum absolute atomic E-state index is 0.0663. The third-order valence-corrected chi connectivity index (χ3v) is 3.58. The average molecular weight is 251 g/mol. The Kier molecular flexibility index (Phi) is 3.66. The van der Waals surface area contributed by atoms with Gasteiger partial charge in [-0.25, -0.2) is 4.39 Å². The maximum atomic E-state index is 13.2. The van der Waals surface area contributed by atoms with Gasteiger partial charge in [-0.15, -0.1) is 0 Å². The summed E-state index contributed by atoms with van der Waals surface area (Å²) in [4.78, 5) is 14.0. The molecule has 2 unspecified atom stereocenters. The van der Waals surface area contributed by atoms with Gasteiger partial charge >= 0.3 is 0 Å². The summed E-state index contributed by atoms with van der Waals surface area (Å²) in [6, 6.07) is 4.26. The summed E-state index contributed by atoms with van der Waals surface area (Å²) in [6.45, 7) is 4.77. The first-order valence-electron chi connectivity index (χ1n) is 6.22. The van der Waals surface area contributed by atoms with Gasteiger partial charge in [0.2, 0.25) is 0 Å². The average Bonchev–Trinajstić information content (AvgIpc) is 2.35.